The van der Waals surface area contributed by atoms with Crippen LogP contribution in [0.3, 0.4) is 0 Å². The Hall–Kier alpha value is -6.87. The number of nitrogens with one attached hydrogen (secondary N) is 4. The molecule has 1 aliphatic heterocycles. The fraction of sp³-hybridized carbons (Fsp3) is 0.408. The minimum absolute atomic E-state index is 0.00682. The molecule has 17 heteroatoms. The molecule has 4 aromatic rings. The second kappa shape index (κ2) is 23.9. The molecule has 3 aromatic carbocycles. The molecule has 66 heavy (non-hydrogen) atoms. The van der Waals surface area contributed by atoms with E-state index < -0.39 is 53.7 Å². The molecule has 4 bridgehead atoms. The maximum Gasteiger partial charge on any atom is 0.254 e. The van der Waals surface area contributed by atoms with Crippen molar-refractivity contribution in [3.05, 3.63) is 100 Å². The molecular formula is C49H62N10O7. The minimum atomic E-state index is -1.39. The Labute approximate surface area is 386 Å². The fourth-order valence-electron chi connectivity index (χ4n) is 7.91. The second-order valence-corrected chi connectivity index (χ2v) is 16.3. The standard InChI is InChI=1S/C49H62N10O7/c1-6-7-8-32-9-12-34(13-10-32)39-25-29(2)43(30(3)55-39)47(62)57-38(17-18-50)49(64)59(5)44-35-14-16-42(66-24-21-53)37(28-35)36-26-33(11-15-41(36)65-23-20-52)27-40(46(61)54-22-19-51)58-45(60)31(4)56-48(44)63/h9-16,25-26,28,31,38,40,44H,6-8,17-18,20-24,27,50,52-53H2,1-5H3,(H,54,61)(H,56,63)(H,57,62)(H,58,60). The van der Waals surface area contributed by atoms with Crippen LogP contribution in [-0.4, -0.2) is 104 Å². The molecule has 2 heterocycles. The van der Waals surface area contributed by atoms with Crippen LogP contribution in [0.5, 0.6) is 11.5 Å². The van der Waals surface area contributed by atoms with Gasteiger partial charge in [0.2, 0.25) is 23.6 Å². The average Bonchev–Trinajstić information content (AvgIpc) is 3.30. The van der Waals surface area contributed by atoms with Crippen molar-refractivity contribution in [3.8, 4) is 40.0 Å². The summed E-state index contributed by atoms with van der Waals surface area (Å²) in [6.07, 6.45) is 3.23. The van der Waals surface area contributed by atoms with Crippen LogP contribution in [0.25, 0.3) is 22.4 Å². The van der Waals surface area contributed by atoms with Crippen LogP contribution in [-0.2, 0) is 32.0 Å². The third-order valence-corrected chi connectivity index (χ3v) is 11.3. The highest BCUT2D eigenvalue weighted by Gasteiger charge is 2.36. The quantitative estimate of drug-likeness (QED) is 0.0711. The van der Waals surface area contributed by atoms with Gasteiger partial charge in [-0.3, -0.25) is 29.0 Å². The number of hydrogen-bond acceptors (Lipinski definition) is 12. The Morgan fingerprint density at radius 1 is 0.909 bits per heavy atom. The van der Waals surface area contributed by atoms with Crippen molar-refractivity contribution in [1.29, 1.82) is 5.26 Å². The van der Waals surface area contributed by atoms with E-state index in [4.69, 9.17) is 31.7 Å². The predicted molar refractivity (Wildman–Crippen MR) is 251 cm³/mol. The first-order valence-electron chi connectivity index (χ1n) is 22.3. The van der Waals surface area contributed by atoms with Gasteiger partial charge in [-0.15, -0.1) is 0 Å². The van der Waals surface area contributed by atoms with Gasteiger partial charge in [0.25, 0.3) is 5.91 Å². The number of hydrogen-bond donors (Lipinski definition) is 7. The van der Waals surface area contributed by atoms with Gasteiger partial charge < -0.3 is 52.8 Å². The number of carbonyl (C=O) groups is 5. The lowest BCUT2D eigenvalue weighted by molar-refractivity contribution is -0.141. The summed E-state index contributed by atoms with van der Waals surface area (Å²) < 4.78 is 12.2. The van der Waals surface area contributed by atoms with Crippen LogP contribution in [0.1, 0.15) is 77.5 Å². The number of pyridine rings is 1. The molecular weight excluding hydrogens is 841 g/mol. The summed E-state index contributed by atoms with van der Waals surface area (Å²) in [6.45, 7) is 7.57. The maximum atomic E-state index is 14.7. The Bertz CT molecular complexity index is 2400. The zero-order valence-electron chi connectivity index (χ0n) is 38.4. The predicted octanol–water partition coefficient (Wildman–Crippen LogP) is 2.88. The molecule has 350 valence electrons. The van der Waals surface area contributed by atoms with Crippen LogP contribution >= 0.6 is 0 Å². The number of carbonyl (C=O) groups excluding carboxylic acids is 5. The molecule has 1 aromatic heterocycles. The van der Waals surface area contributed by atoms with E-state index in [1.807, 2.05) is 31.2 Å². The minimum Gasteiger partial charge on any atom is -0.492 e. The van der Waals surface area contributed by atoms with Crippen LogP contribution < -0.4 is 47.9 Å². The van der Waals surface area contributed by atoms with Gasteiger partial charge in [-0.2, -0.15) is 5.26 Å². The Morgan fingerprint density at radius 2 is 1.58 bits per heavy atom. The molecule has 0 saturated heterocycles. The van der Waals surface area contributed by atoms with Crippen molar-refractivity contribution < 1.29 is 33.4 Å². The van der Waals surface area contributed by atoms with Gasteiger partial charge >= 0.3 is 0 Å². The topological polar surface area (TPSA) is 270 Å². The van der Waals surface area contributed by atoms with Gasteiger partial charge in [0.15, 0.2) is 0 Å². The summed E-state index contributed by atoms with van der Waals surface area (Å²) in [5.74, 6) is -2.44. The van der Waals surface area contributed by atoms with Crippen LogP contribution in [0.4, 0.5) is 0 Å². The van der Waals surface area contributed by atoms with E-state index in [9.17, 15) is 29.2 Å². The zero-order chi connectivity index (χ0) is 47.9. The molecule has 10 N–H and O–H groups in total. The highest BCUT2D eigenvalue weighted by molar-refractivity contribution is 6.01. The average molecular weight is 903 g/mol. The van der Waals surface area contributed by atoms with Gasteiger partial charge in [-0.05, 0) is 99.2 Å². The number of unbranched alkanes of at least 4 members (excludes halogenated alkanes) is 1. The van der Waals surface area contributed by atoms with Crippen LogP contribution in [0, 0.1) is 25.2 Å². The number of amides is 5. The van der Waals surface area contributed by atoms with Gasteiger partial charge in [0.05, 0.1) is 23.0 Å². The normalized spacial score (nSPS) is 16.4. The lowest BCUT2D eigenvalue weighted by atomic mass is 9.93. The maximum absolute atomic E-state index is 14.7. The first-order valence-corrected chi connectivity index (χ1v) is 22.3. The van der Waals surface area contributed by atoms with E-state index in [1.54, 1.807) is 43.3 Å². The van der Waals surface area contributed by atoms with Crippen molar-refractivity contribution in [2.45, 2.75) is 84.0 Å². The number of rotatable bonds is 18. The van der Waals surface area contributed by atoms with Crippen LogP contribution in [0.2, 0.25) is 0 Å². The van der Waals surface area contributed by atoms with E-state index in [2.05, 4.69) is 40.3 Å². The number of aryl methyl sites for hydroxylation is 3. The summed E-state index contributed by atoms with van der Waals surface area (Å²) in [4.78, 5) is 76.6. The highest BCUT2D eigenvalue weighted by atomic mass is 16.5. The fourth-order valence-corrected chi connectivity index (χ4v) is 7.91. The highest BCUT2D eigenvalue weighted by Crippen LogP contribution is 2.40. The Kier molecular flexibility index (Phi) is 18.1. The van der Waals surface area contributed by atoms with Gasteiger partial charge in [0.1, 0.15) is 55.4 Å². The van der Waals surface area contributed by atoms with E-state index in [-0.39, 0.29) is 52.2 Å². The molecule has 4 unspecified atom stereocenters. The molecule has 17 nitrogen and oxygen atoms in total. The van der Waals surface area contributed by atoms with E-state index in [0.717, 1.165) is 24.8 Å². The van der Waals surface area contributed by atoms with Crippen molar-refractivity contribution >= 4 is 29.5 Å². The molecule has 1 aliphatic rings. The second-order valence-electron chi connectivity index (χ2n) is 16.3. The Balaban J connectivity index is 1.56. The van der Waals surface area contributed by atoms with Crippen molar-refractivity contribution in [3.63, 3.8) is 0 Å². The van der Waals surface area contributed by atoms with Gasteiger partial charge in [0, 0.05) is 43.2 Å². The molecule has 0 aliphatic carbocycles. The number of aromatic nitrogens is 1. The number of nitrogens with zero attached hydrogens (tertiary/aromatic N) is 3. The van der Waals surface area contributed by atoms with Crippen molar-refractivity contribution in [2.24, 2.45) is 17.2 Å². The zero-order valence-corrected chi connectivity index (χ0v) is 38.4. The molecule has 0 radical (unpaired) electrons. The largest absolute Gasteiger partial charge is 0.492 e. The number of nitriles is 1. The first kappa shape index (κ1) is 50.1. The van der Waals surface area contributed by atoms with Gasteiger partial charge in [-0.25, -0.2) is 0 Å². The van der Waals surface area contributed by atoms with Crippen molar-refractivity contribution in [2.75, 3.05) is 46.4 Å². The molecule has 0 fully saturated rings. The number of likely N-dealkylation sites (N-methyl/N-ethyl adjacent to an activating group) is 1. The van der Waals surface area contributed by atoms with E-state index >= 15 is 0 Å². The molecule has 0 spiro atoms. The number of fused-ring (bicyclic) bond motifs is 5. The molecule has 4 atom stereocenters. The third-order valence-electron chi connectivity index (χ3n) is 11.3. The lowest BCUT2D eigenvalue weighted by Crippen LogP contribution is -2.56. The number of benzene rings is 3. The van der Waals surface area contributed by atoms with Crippen molar-refractivity contribution in [1.82, 2.24) is 31.2 Å². The summed E-state index contributed by atoms with van der Waals surface area (Å²) >= 11 is 0. The SMILES string of the molecule is CCCCc1ccc(-c2cc(C)c(C(=O)NC(CCN)C(=O)N(C)C3C(=O)NC(C)C(=O)NC(C(=O)NCC#N)Cc4ccc(OCCN)c(c4)-c4cc3ccc4OCCN)c(C)n2)cc1. The summed E-state index contributed by atoms with van der Waals surface area (Å²) in [6, 6.07) is 17.2. The molecule has 5 rings (SSSR count). The summed E-state index contributed by atoms with van der Waals surface area (Å²) in [7, 11) is 1.43. The smallest absolute Gasteiger partial charge is 0.254 e. The summed E-state index contributed by atoms with van der Waals surface area (Å²) in [5, 5.41) is 20.0. The van der Waals surface area contributed by atoms with Crippen LogP contribution in [0.15, 0.2) is 66.7 Å². The third kappa shape index (κ3) is 12.5. The van der Waals surface area contributed by atoms with Gasteiger partial charge in [-0.1, -0.05) is 49.7 Å². The Morgan fingerprint density at radius 3 is 2.20 bits per heavy atom. The number of nitrogens with two attached hydrogens (primary N) is 3. The molecule has 5 amide bonds. The van der Waals surface area contributed by atoms with E-state index in [0.29, 0.717) is 56.3 Å². The lowest BCUT2D eigenvalue weighted by Gasteiger charge is -2.32. The summed E-state index contributed by atoms with van der Waals surface area (Å²) in [5.41, 5.74) is 23.9. The monoisotopic (exact) mass is 902 g/mol. The van der Waals surface area contributed by atoms with E-state index in [1.165, 1.54) is 24.4 Å². The molecule has 0 saturated carbocycles. The number of ether oxygens (including phenoxy) is 2. The first-order chi connectivity index (χ1) is 31.7.